The van der Waals surface area contributed by atoms with Gasteiger partial charge in [-0.15, -0.1) is 0 Å². The summed E-state index contributed by atoms with van der Waals surface area (Å²) in [6.07, 6.45) is 3.27. The van der Waals surface area contributed by atoms with Crippen molar-refractivity contribution in [1.82, 2.24) is 25.1 Å². The number of carbonyl (C=O) groups is 1. The molecule has 9 heteroatoms. The fourth-order valence-corrected chi connectivity index (χ4v) is 2.19. The zero-order valence-electron chi connectivity index (χ0n) is 14.1. The van der Waals surface area contributed by atoms with Gasteiger partial charge in [0.05, 0.1) is 5.69 Å². The number of aryl methyl sites for hydroxylation is 1. The first kappa shape index (κ1) is 17.3. The van der Waals surface area contributed by atoms with Crippen molar-refractivity contribution in [2.75, 3.05) is 23.7 Å². The van der Waals surface area contributed by atoms with Crippen LogP contribution in [0, 0.1) is 12.7 Å². The molecule has 0 aliphatic heterocycles. The number of carbonyl (C=O) groups excluding carboxylic acids is 1. The van der Waals surface area contributed by atoms with Crippen molar-refractivity contribution < 1.29 is 9.18 Å². The lowest BCUT2D eigenvalue weighted by atomic mass is 10.3. The number of nitrogens with zero attached hydrogens (tertiary/aromatic N) is 4. The number of hydrogen-bond acceptors (Lipinski definition) is 5. The van der Waals surface area contributed by atoms with Crippen molar-refractivity contribution >= 4 is 17.5 Å². The number of rotatable bonds is 6. The highest BCUT2D eigenvalue weighted by molar-refractivity contribution is 5.89. The van der Waals surface area contributed by atoms with E-state index in [2.05, 4.69) is 31.0 Å². The minimum absolute atomic E-state index is 0.352. The summed E-state index contributed by atoms with van der Waals surface area (Å²) in [5, 5.41) is 12.7. The average molecular weight is 355 g/mol. The Labute approximate surface area is 149 Å². The molecule has 26 heavy (non-hydrogen) atoms. The zero-order chi connectivity index (χ0) is 18.4. The van der Waals surface area contributed by atoms with Crippen molar-refractivity contribution in [3.63, 3.8) is 0 Å². The molecule has 0 radical (unpaired) electrons. The van der Waals surface area contributed by atoms with Gasteiger partial charge in [0, 0.05) is 31.0 Å². The van der Waals surface area contributed by atoms with E-state index in [0.29, 0.717) is 30.4 Å². The van der Waals surface area contributed by atoms with Crippen LogP contribution in [-0.2, 0) is 0 Å². The van der Waals surface area contributed by atoms with E-state index < -0.39 is 0 Å². The first-order valence-corrected chi connectivity index (χ1v) is 7.99. The van der Waals surface area contributed by atoms with Crippen LogP contribution in [-0.4, -0.2) is 38.9 Å². The first-order valence-electron chi connectivity index (χ1n) is 7.99. The number of amides is 2. The second-order valence-electron chi connectivity index (χ2n) is 5.48. The van der Waals surface area contributed by atoms with Gasteiger partial charge in [-0.3, -0.25) is 0 Å². The maximum absolute atomic E-state index is 12.8. The number of anilines is 2. The SMILES string of the molecule is Cc1ccn(-c2cc(NCCNC(=O)Nc3ccc(F)cc3)ncn2)n1. The van der Waals surface area contributed by atoms with Crippen LogP contribution in [0.15, 0.2) is 48.9 Å². The van der Waals surface area contributed by atoms with Gasteiger partial charge in [0.1, 0.15) is 18.0 Å². The smallest absolute Gasteiger partial charge is 0.319 e. The molecule has 0 aliphatic rings. The van der Waals surface area contributed by atoms with E-state index in [0.717, 1.165) is 5.69 Å². The number of benzene rings is 1. The van der Waals surface area contributed by atoms with Gasteiger partial charge in [-0.05, 0) is 37.3 Å². The maximum Gasteiger partial charge on any atom is 0.319 e. The summed E-state index contributed by atoms with van der Waals surface area (Å²) in [5.74, 6) is 0.927. The van der Waals surface area contributed by atoms with Crippen molar-refractivity contribution in [3.8, 4) is 5.82 Å². The first-order chi connectivity index (χ1) is 12.6. The summed E-state index contributed by atoms with van der Waals surface area (Å²) < 4.78 is 14.5. The third-order valence-corrected chi connectivity index (χ3v) is 3.43. The molecule has 3 N–H and O–H groups in total. The lowest BCUT2D eigenvalue weighted by Crippen LogP contribution is -2.32. The molecule has 0 atom stereocenters. The Morgan fingerprint density at radius 2 is 1.96 bits per heavy atom. The highest BCUT2D eigenvalue weighted by atomic mass is 19.1. The van der Waals surface area contributed by atoms with Crippen LogP contribution in [0.4, 0.5) is 20.7 Å². The fourth-order valence-electron chi connectivity index (χ4n) is 2.19. The second kappa shape index (κ2) is 8.06. The molecule has 2 amide bonds. The van der Waals surface area contributed by atoms with Crippen LogP contribution in [0.3, 0.4) is 0 Å². The van der Waals surface area contributed by atoms with E-state index in [9.17, 15) is 9.18 Å². The Hall–Kier alpha value is -3.49. The lowest BCUT2D eigenvalue weighted by molar-refractivity contribution is 0.252. The molecule has 8 nitrogen and oxygen atoms in total. The maximum atomic E-state index is 12.8. The molecule has 3 rings (SSSR count). The van der Waals surface area contributed by atoms with Gasteiger partial charge in [0.2, 0.25) is 0 Å². The van der Waals surface area contributed by atoms with Gasteiger partial charge in [0.15, 0.2) is 5.82 Å². The molecule has 0 unspecified atom stereocenters. The van der Waals surface area contributed by atoms with Gasteiger partial charge in [-0.25, -0.2) is 23.8 Å². The summed E-state index contributed by atoms with van der Waals surface area (Å²) >= 11 is 0. The van der Waals surface area contributed by atoms with Crippen molar-refractivity contribution in [1.29, 1.82) is 0 Å². The topological polar surface area (TPSA) is 96.8 Å². The number of urea groups is 1. The number of aromatic nitrogens is 4. The highest BCUT2D eigenvalue weighted by Gasteiger charge is 2.04. The van der Waals surface area contributed by atoms with Gasteiger partial charge >= 0.3 is 6.03 Å². The minimum atomic E-state index is -0.367. The van der Waals surface area contributed by atoms with Gasteiger partial charge in [-0.1, -0.05) is 0 Å². The molecule has 0 saturated carbocycles. The average Bonchev–Trinajstić information content (AvgIpc) is 3.07. The Morgan fingerprint density at radius 3 is 2.69 bits per heavy atom. The van der Waals surface area contributed by atoms with Crippen molar-refractivity contribution in [2.24, 2.45) is 0 Å². The van der Waals surface area contributed by atoms with Crippen LogP contribution in [0.25, 0.3) is 5.82 Å². The van der Waals surface area contributed by atoms with Crippen molar-refractivity contribution in [3.05, 3.63) is 60.4 Å². The van der Waals surface area contributed by atoms with E-state index in [1.807, 2.05) is 19.2 Å². The zero-order valence-corrected chi connectivity index (χ0v) is 14.1. The van der Waals surface area contributed by atoms with E-state index >= 15 is 0 Å². The molecule has 1 aromatic carbocycles. The van der Waals surface area contributed by atoms with Crippen molar-refractivity contribution in [2.45, 2.75) is 6.92 Å². The van der Waals surface area contributed by atoms with Crippen LogP contribution < -0.4 is 16.0 Å². The van der Waals surface area contributed by atoms with Crippen LogP contribution in [0.1, 0.15) is 5.69 Å². The molecule has 0 bridgehead atoms. The summed E-state index contributed by atoms with van der Waals surface area (Å²) in [5.41, 5.74) is 1.42. The molecule has 0 spiro atoms. The molecule has 3 aromatic rings. The second-order valence-corrected chi connectivity index (χ2v) is 5.48. The summed E-state index contributed by atoms with van der Waals surface area (Å²) in [6, 6.07) is 8.84. The van der Waals surface area contributed by atoms with Gasteiger partial charge in [-0.2, -0.15) is 5.10 Å². The summed E-state index contributed by atoms with van der Waals surface area (Å²) in [7, 11) is 0. The molecular formula is C17H18FN7O. The van der Waals surface area contributed by atoms with E-state index in [-0.39, 0.29) is 11.8 Å². The molecule has 0 aliphatic carbocycles. The largest absolute Gasteiger partial charge is 0.368 e. The predicted octanol–water partition coefficient (Wildman–Crippen LogP) is 2.34. The van der Waals surface area contributed by atoms with Gasteiger partial charge in [0.25, 0.3) is 0 Å². The van der Waals surface area contributed by atoms with E-state index in [4.69, 9.17) is 0 Å². The Morgan fingerprint density at radius 1 is 1.15 bits per heavy atom. The number of nitrogens with one attached hydrogen (secondary N) is 3. The Balaban J connectivity index is 1.45. The van der Waals surface area contributed by atoms with Gasteiger partial charge < -0.3 is 16.0 Å². The summed E-state index contributed by atoms with van der Waals surface area (Å²) in [6.45, 7) is 2.76. The Kier molecular flexibility index (Phi) is 5.37. The minimum Gasteiger partial charge on any atom is -0.368 e. The Bertz CT molecular complexity index is 879. The third-order valence-electron chi connectivity index (χ3n) is 3.43. The molecule has 0 fully saturated rings. The lowest BCUT2D eigenvalue weighted by Gasteiger charge is -2.09. The highest BCUT2D eigenvalue weighted by Crippen LogP contribution is 2.09. The number of halogens is 1. The van der Waals surface area contributed by atoms with Crippen LogP contribution in [0.5, 0.6) is 0 Å². The third kappa shape index (κ3) is 4.76. The molecule has 2 aromatic heterocycles. The molecule has 134 valence electrons. The molecular weight excluding hydrogens is 337 g/mol. The standard InChI is InChI=1S/C17H18FN7O/c1-12-6-9-25(24-12)16-10-15(21-11-22-16)19-7-8-20-17(26)23-14-4-2-13(18)3-5-14/h2-6,9-11H,7-8H2,1H3,(H,19,21,22)(H2,20,23,26). The predicted molar refractivity (Wildman–Crippen MR) is 95.8 cm³/mol. The summed E-state index contributed by atoms with van der Waals surface area (Å²) in [4.78, 5) is 20.1. The number of hydrogen-bond donors (Lipinski definition) is 3. The normalized spacial score (nSPS) is 10.4. The molecule has 0 saturated heterocycles. The van der Waals surface area contributed by atoms with E-state index in [1.54, 1.807) is 10.7 Å². The molecule has 2 heterocycles. The van der Waals surface area contributed by atoms with E-state index in [1.165, 1.54) is 30.6 Å². The monoisotopic (exact) mass is 355 g/mol. The fraction of sp³-hybridized carbons (Fsp3) is 0.176. The quantitative estimate of drug-likeness (QED) is 0.590. The van der Waals surface area contributed by atoms with Crippen LogP contribution >= 0.6 is 0 Å². The van der Waals surface area contributed by atoms with Crippen LogP contribution in [0.2, 0.25) is 0 Å².